The average molecular weight is 173 g/mol. The van der Waals surface area contributed by atoms with Gasteiger partial charge in [-0.2, -0.15) is 0 Å². The summed E-state index contributed by atoms with van der Waals surface area (Å²) in [6, 6.07) is 0. The van der Waals surface area contributed by atoms with E-state index >= 15 is 0 Å². The van der Waals surface area contributed by atoms with Gasteiger partial charge in [-0.15, -0.1) is 0 Å². The van der Waals surface area contributed by atoms with Crippen LogP contribution in [0.15, 0.2) is 0 Å². The van der Waals surface area contributed by atoms with E-state index in [2.05, 4.69) is 0 Å². The molecule has 1 rings (SSSR count). The van der Waals surface area contributed by atoms with Crippen molar-refractivity contribution in [2.24, 2.45) is 0 Å². The third-order valence-electron chi connectivity index (χ3n) is 1.64. The second-order valence-corrected chi connectivity index (χ2v) is 3.83. The Bertz CT molecular complexity index is 189. The van der Waals surface area contributed by atoms with Crippen LogP contribution >= 0.6 is 0 Å². The van der Waals surface area contributed by atoms with Crippen LogP contribution in [-0.4, -0.2) is 34.3 Å². The summed E-state index contributed by atoms with van der Waals surface area (Å²) < 4.78 is 0. The molecule has 1 heterocycles. The van der Waals surface area contributed by atoms with Gasteiger partial charge in [0.1, 0.15) is 0 Å². The number of carbonyl (C=O) groups excluding carboxylic acids is 1. The number of hydrogen-bond acceptors (Lipinski definition) is 3. The Kier molecular flexibility index (Phi) is 2.39. The Morgan fingerprint density at radius 1 is 1.75 bits per heavy atom. The Morgan fingerprint density at radius 3 is 2.67 bits per heavy atom. The second-order valence-electron chi connectivity index (χ2n) is 3.83. The molecule has 70 valence electrons. The molecule has 0 radical (unpaired) electrons. The highest BCUT2D eigenvalue weighted by Gasteiger charge is 2.37. The number of carbonyl (C=O) groups is 1. The van der Waals surface area contributed by atoms with E-state index in [1.54, 1.807) is 6.92 Å². The zero-order chi connectivity index (χ0) is 9.35. The SMILES string of the molecule is CC(O)CN1OC(C)(C)CC1=O. The number of aliphatic hydroxyl groups excluding tert-OH is 1. The van der Waals surface area contributed by atoms with Crippen LogP contribution in [0.5, 0.6) is 0 Å². The minimum absolute atomic E-state index is 0.0547. The van der Waals surface area contributed by atoms with Crippen molar-refractivity contribution < 1.29 is 14.7 Å². The zero-order valence-corrected chi connectivity index (χ0v) is 7.70. The number of hydroxylamine groups is 2. The highest BCUT2D eigenvalue weighted by Crippen LogP contribution is 2.25. The van der Waals surface area contributed by atoms with Gasteiger partial charge in [-0.3, -0.25) is 9.63 Å². The molecule has 12 heavy (non-hydrogen) atoms. The first-order valence-electron chi connectivity index (χ1n) is 4.08. The van der Waals surface area contributed by atoms with Gasteiger partial charge in [0.05, 0.1) is 24.7 Å². The average Bonchev–Trinajstić information content (AvgIpc) is 2.03. The molecular weight excluding hydrogens is 158 g/mol. The first kappa shape index (κ1) is 9.48. The number of rotatable bonds is 2. The lowest BCUT2D eigenvalue weighted by Crippen LogP contribution is -2.32. The van der Waals surface area contributed by atoms with Crippen molar-refractivity contribution in [3.05, 3.63) is 0 Å². The molecule has 1 aliphatic heterocycles. The number of amides is 1. The van der Waals surface area contributed by atoms with E-state index in [-0.39, 0.29) is 12.5 Å². The highest BCUT2D eigenvalue weighted by atomic mass is 16.7. The number of hydrogen-bond donors (Lipinski definition) is 1. The largest absolute Gasteiger partial charge is 0.391 e. The third kappa shape index (κ3) is 2.19. The molecule has 0 spiro atoms. The van der Waals surface area contributed by atoms with Crippen LogP contribution in [0, 0.1) is 0 Å². The zero-order valence-electron chi connectivity index (χ0n) is 7.70. The predicted molar refractivity (Wildman–Crippen MR) is 43.2 cm³/mol. The summed E-state index contributed by atoms with van der Waals surface area (Å²) in [5, 5.41) is 10.3. The second kappa shape index (κ2) is 3.03. The molecule has 1 atom stereocenters. The summed E-state index contributed by atoms with van der Waals surface area (Å²) in [5.41, 5.74) is -0.411. The molecule has 0 aliphatic carbocycles. The van der Waals surface area contributed by atoms with Crippen molar-refractivity contribution in [2.75, 3.05) is 6.54 Å². The van der Waals surface area contributed by atoms with E-state index in [0.29, 0.717) is 6.42 Å². The molecule has 0 aromatic heterocycles. The van der Waals surface area contributed by atoms with E-state index in [1.807, 2.05) is 13.8 Å². The molecule has 1 unspecified atom stereocenters. The molecule has 0 aromatic rings. The maximum atomic E-state index is 11.2. The van der Waals surface area contributed by atoms with Crippen molar-refractivity contribution in [2.45, 2.75) is 38.9 Å². The van der Waals surface area contributed by atoms with Crippen LogP contribution in [0.1, 0.15) is 27.2 Å². The predicted octanol–water partition coefficient (Wildman–Crippen LogP) is 0.310. The van der Waals surface area contributed by atoms with Crippen LogP contribution in [0.4, 0.5) is 0 Å². The van der Waals surface area contributed by atoms with E-state index in [1.165, 1.54) is 5.06 Å². The Labute approximate surface area is 72.1 Å². The molecule has 1 saturated heterocycles. The summed E-state index contributed by atoms with van der Waals surface area (Å²) in [4.78, 5) is 16.5. The molecule has 0 saturated carbocycles. The summed E-state index contributed by atoms with van der Waals surface area (Å²) in [6.07, 6.45) is -0.150. The van der Waals surface area contributed by atoms with Crippen molar-refractivity contribution in [3.63, 3.8) is 0 Å². The van der Waals surface area contributed by atoms with Gasteiger partial charge in [0.2, 0.25) is 5.91 Å². The summed E-state index contributed by atoms with van der Waals surface area (Å²) in [5.74, 6) is -0.0547. The van der Waals surface area contributed by atoms with Crippen LogP contribution < -0.4 is 0 Å². The fraction of sp³-hybridized carbons (Fsp3) is 0.875. The monoisotopic (exact) mass is 173 g/mol. The molecule has 1 fully saturated rings. The lowest BCUT2D eigenvalue weighted by atomic mass is 10.1. The fourth-order valence-corrected chi connectivity index (χ4v) is 1.21. The van der Waals surface area contributed by atoms with Crippen LogP contribution in [0.25, 0.3) is 0 Å². The van der Waals surface area contributed by atoms with Gasteiger partial charge in [-0.05, 0) is 20.8 Å². The smallest absolute Gasteiger partial charge is 0.249 e. The van der Waals surface area contributed by atoms with Gasteiger partial charge in [-0.25, -0.2) is 5.06 Å². The van der Waals surface area contributed by atoms with E-state index < -0.39 is 11.7 Å². The van der Waals surface area contributed by atoms with E-state index in [9.17, 15) is 4.79 Å². The van der Waals surface area contributed by atoms with Gasteiger partial charge < -0.3 is 5.11 Å². The summed E-state index contributed by atoms with van der Waals surface area (Å²) >= 11 is 0. The molecule has 4 heteroatoms. The maximum Gasteiger partial charge on any atom is 0.249 e. The lowest BCUT2D eigenvalue weighted by Gasteiger charge is -2.20. The van der Waals surface area contributed by atoms with E-state index in [0.717, 1.165) is 0 Å². The number of nitrogens with zero attached hydrogens (tertiary/aromatic N) is 1. The minimum Gasteiger partial charge on any atom is -0.391 e. The summed E-state index contributed by atoms with van der Waals surface area (Å²) in [7, 11) is 0. The molecule has 1 amide bonds. The molecule has 1 aliphatic rings. The third-order valence-corrected chi connectivity index (χ3v) is 1.64. The van der Waals surface area contributed by atoms with Gasteiger partial charge in [0.15, 0.2) is 0 Å². The maximum absolute atomic E-state index is 11.2. The molecule has 0 bridgehead atoms. The quantitative estimate of drug-likeness (QED) is 0.653. The first-order valence-corrected chi connectivity index (χ1v) is 4.08. The molecule has 4 nitrogen and oxygen atoms in total. The first-order chi connectivity index (χ1) is 5.41. The van der Waals surface area contributed by atoms with Crippen LogP contribution in [0.3, 0.4) is 0 Å². The minimum atomic E-state index is -0.539. The van der Waals surface area contributed by atoms with Crippen LogP contribution in [0.2, 0.25) is 0 Å². The van der Waals surface area contributed by atoms with Gasteiger partial charge >= 0.3 is 0 Å². The van der Waals surface area contributed by atoms with Gasteiger partial charge in [0, 0.05) is 0 Å². The molecule has 0 aromatic carbocycles. The topological polar surface area (TPSA) is 49.8 Å². The molecule has 1 N–H and O–H groups in total. The van der Waals surface area contributed by atoms with Crippen molar-refractivity contribution in [1.29, 1.82) is 0 Å². The van der Waals surface area contributed by atoms with Gasteiger partial charge in [0.25, 0.3) is 0 Å². The normalized spacial score (nSPS) is 24.7. The van der Waals surface area contributed by atoms with E-state index in [4.69, 9.17) is 9.94 Å². The number of aliphatic hydroxyl groups is 1. The summed E-state index contributed by atoms with van der Waals surface area (Å²) in [6.45, 7) is 5.59. The standard InChI is InChI=1S/C8H15NO3/c1-6(10)5-9-7(11)4-8(2,3)12-9/h6,10H,4-5H2,1-3H3. The Hall–Kier alpha value is -0.610. The van der Waals surface area contributed by atoms with Crippen molar-refractivity contribution >= 4 is 5.91 Å². The fourth-order valence-electron chi connectivity index (χ4n) is 1.21. The lowest BCUT2D eigenvalue weighted by molar-refractivity contribution is -0.197. The number of β-amino-alcohol motifs (C(OH)–C–C–N with tert-alkyl or cyclic N) is 1. The van der Waals surface area contributed by atoms with Crippen molar-refractivity contribution in [3.8, 4) is 0 Å². The van der Waals surface area contributed by atoms with Gasteiger partial charge in [-0.1, -0.05) is 0 Å². The van der Waals surface area contributed by atoms with Crippen molar-refractivity contribution in [1.82, 2.24) is 5.06 Å². The Morgan fingerprint density at radius 2 is 2.33 bits per heavy atom. The molecular formula is C8H15NO3. The van der Waals surface area contributed by atoms with Crippen LogP contribution in [-0.2, 0) is 9.63 Å². The highest BCUT2D eigenvalue weighted by molar-refractivity contribution is 5.77. The Balaban J connectivity index is 2.53.